The van der Waals surface area contributed by atoms with Gasteiger partial charge in [0.2, 0.25) is 6.10 Å². The maximum absolute atomic E-state index is 13.3. The standard InChI is InChI=1S/C10H9BrFNO3/c1-5(14)9(10(13)15)16-8-3-2-6(11)4-7(8)12/h2-4,9H,1H3,(H2,13,15). The zero-order valence-electron chi connectivity index (χ0n) is 8.37. The lowest BCUT2D eigenvalue weighted by atomic mass is 10.2. The Labute approximate surface area is 99.7 Å². The predicted molar refractivity (Wildman–Crippen MR) is 58.4 cm³/mol. The number of halogens is 2. The van der Waals surface area contributed by atoms with Crippen molar-refractivity contribution >= 4 is 27.6 Å². The molecule has 1 atom stereocenters. The van der Waals surface area contributed by atoms with E-state index in [1.54, 1.807) is 0 Å². The monoisotopic (exact) mass is 289 g/mol. The van der Waals surface area contributed by atoms with Crippen LogP contribution < -0.4 is 10.5 Å². The van der Waals surface area contributed by atoms with Crippen molar-refractivity contribution < 1.29 is 18.7 Å². The van der Waals surface area contributed by atoms with Crippen LogP contribution in [-0.4, -0.2) is 17.8 Å². The molecule has 16 heavy (non-hydrogen) atoms. The molecule has 0 aliphatic carbocycles. The molecule has 0 fully saturated rings. The summed E-state index contributed by atoms with van der Waals surface area (Å²) in [7, 11) is 0. The molecule has 0 heterocycles. The molecule has 86 valence electrons. The number of carbonyl (C=O) groups is 2. The van der Waals surface area contributed by atoms with Gasteiger partial charge >= 0.3 is 0 Å². The summed E-state index contributed by atoms with van der Waals surface area (Å²) in [5.41, 5.74) is 4.95. The van der Waals surface area contributed by atoms with Crippen LogP contribution >= 0.6 is 15.9 Å². The smallest absolute Gasteiger partial charge is 0.266 e. The number of rotatable bonds is 4. The van der Waals surface area contributed by atoms with E-state index in [2.05, 4.69) is 15.9 Å². The van der Waals surface area contributed by atoms with Gasteiger partial charge in [-0.1, -0.05) is 15.9 Å². The molecule has 0 aromatic heterocycles. The van der Waals surface area contributed by atoms with Gasteiger partial charge in [-0.05, 0) is 25.1 Å². The zero-order chi connectivity index (χ0) is 12.3. The van der Waals surface area contributed by atoms with Crippen LogP contribution in [0.5, 0.6) is 5.75 Å². The predicted octanol–water partition coefficient (Wildman–Crippen LogP) is 1.41. The van der Waals surface area contributed by atoms with Crippen LogP contribution in [0.4, 0.5) is 4.39 Å². The normalized spacial score (nSPS) is 11.9. The molecule has 0 saturated heterocycles. The number of carbonyl (C=O) groups excluding carboxylic acids is 2. The largest absolute Gasteiger partial charge is 0.470 e. The Morgan fingerprint density at radius 3 is 2.56 bits per heavy atom. The van der Waals surface area contributed by atoms with Crippen molar-refractivity contribution in [3.63, 3.8) is 0 Å². The van der Waals surface area contributed by atoms with Gasteiger partial charge in [-0.2, -0.15) is 0 Å². The van der Waals surface area contributed by atoms with Crippen molar-refractivity contribution in [3.05, 3.63) is 28.5 Å². The molecule has 0 spiro atoms. The number of ketones is 1. The molecule has 0 radical (unpaired) electrons. The second-order valence-electron chi connectivity index (χ2n) is 3.09. The van der Waals surface area contributed by atoms with Gasteiger partial charge in [0.05, 0.1) is 0 Å². The quantitative estimate of drug-likeness (QED) is 0.852. The average Bonchev–Trinajstić information content (AvgIpc) is 2.15. The van der Waals surface area contributed by atoms with E-state index in [9.17, 15) is 14.0 Å². The maximum Gasteiger partial charge on any atom is 0.266 e. The molecule has 0 saturated carbocycles. The molecule has 1 unspecified atom stereocenters. The van der Waals surface area contributed by atoms with Gasteiger partial charge in [-0.15, -0.1) is 0 Å². The van der Waals surface area contributed by atoms with E-state index in [0.29, 0.717) is 4.47 Å². The van der Waals surface area contributed by atoms with Crippen LogP contribution in [-0.2, 0) is 9.59 Å². The van der Waals surface area contributed by atoms with Crippen LogP contribution in [0.25, 0.3) is 0 Å². The fraction of sp³-hybridized carbons (Fsp3) is 0.200. The van der Waals surface area contributed by atoms with Crippen molar-refractivity contribution in [2.45, 2.75) is 13.0 Å². The van der Waals surface area contributed by atoms with Gasteiger partial charge in [0, 0.05) is 4.47 Å². The van der Waals surface area contributed by atoms with Gasteiger partial charge in [-0.3, -0.25) is 9.59 Å². The number of benzene rings is 1. The number of amides is 1. The molecular formula is C10H9BrFNO3. The average molecular weight is 290 g/mol. The van der Waals surface area contributed by atoms with Gasteiger partial charge in [0.25, 0.3) is 5.91 Å². The molecule has 1 amide bonds. The third kappa shape index (κ3) is 3.03. The Hall–Kier alpha value is -1.43. The van der Waals surface area contributed by atoms with Gasteiger partial charge in [0.15, 0.2) is 17.3 Å². The first-order chi connectivity index (χ1) is 7.41. The second-order valence-corrected chi connectivity index (χ2v) is 4.00. The lowest BCUT2D eigenvalue weighted by Crippen LogP contribution is -2.39. The topological polar surface area (TPSA) is 69.4 Å². The second kappa shape index (κ2) is 5.07. The van der Waals surface area contributed by atoms with Crippen LogP contribution in [0.15, 0.2) is 22.7 Å². The first kappa shape index (κ1) is 12.6. The Morgan fingerprint density at radius 2 is 2.12 bits per heavy atom. The summed E-state index contributed by atoms with van der Waals surface area (Å²) in [6.07, 6.45) is -1.46. The van der Waals surface area contributed by atoms with E-state index in [1.165, 1.54) is 12.1 Å². The molecule has 1 aromatic carbocycles. The van der Waals surface area contributed by atoms with Crippen molar-refractivity contribution in [2.75, 3.05) is 0 Å². The van der Waals surface area contributed by atoms with Crippen LogP contribution in [0, 0.1) is 5.82 Å². The number of ether oxygens (including phenoxy) is 1. The molecule has 0 aliphatic rings. The van der Waals surface area contributed by atoms with Crippen molar-refractivity contribution in [3.8, 4) is 5.75 Å². The number of hydrogen-bond donors (Lipinski definition) is 1. The highest BCUT2D eigenvalue weighted by Crippen LogP contribution is 2.22. The zero-order valence-corrected chi connectivity index (χ0v) is 9.95. The van der Waals surface area contributed by atoms with Crippen LogP contribution in [0.2, 0.25) is 0 Å². The van der Waals surface area contributed by atoms with Gasteiger partial charge in [-0.25, -0.2) is 4.39 Å². The Balaban J connectivity index is 2.94. The summed E-state index contributed by atoms with van der Waals surface area (Å²) in [5, 5.41) is 0. The summed E-state index contributed by atoms with van der Waals surface area (Å²) in [6, 6.07) is 3.99. The highest BCUT2D eigenvalue weighted by molar-refractivity contribution is 9.10. The summed E-state index contributed by atoms with van der Waals surface area (Å²) in [4.78, 5) is 21.9. The highest BCUT2D eigenvalue weighted by atomic mass is 79.9. The lowest BCUT2D eigenvalue weighted by molar-refractivity contribution is -0.134. The van der Waals surface area contributed by atoms with Crippen molar-refractivity contribution in [1.29, 1.82) is 0 Å². The van der Waals surface area contributed by atoms with E-state index in [-0.39, 0.29) is 5.75 Å². The van der Waals surface area contributed by atoms with Crippen molar-refractivity contribution in [1.82, 2.24) is 0 Å². The molecule has 2 N–H and O–H groups in total. The molecule has 4 nitrogen and oxygen atoms in total. The van der Waals surface area contributed by atoms with E-state index >= 15 is 0 Å². The number of Topliss-reactive ketones (excluding diaryl/α,β-unsaturated/α-hetero) is 1. The first-order valence-corrected chi connectivity index (χ1v) is 5.12. The molecule has 0 bridgehead atoms. The summed E-state index contributed by atoms with van der Waals surface area (Å²) < 4.78 is 18.7. The number of primary amides is 1. The van der Waals surface area contributed by atoms with E-state index in [0.717, 1.165) is 13.0 Å². The minimum atomic E-state index is -1.46. The lowest BCUT2D eigenvalue weighted by Gasteiger charge is -2.13. The third-order valence-electron chi connectivity index (χ3n) is 1.77. The fourth-order valence-corrected chi connectivity index (χ4v) is 1.37. The van der Waals surface area contributed by atoms with Crippen LogP contribution in [0.1, 0.15) is 6.92 Å². The Morgan fingerprint density at radius 1 is 1.50 bits per heavy atom. The summed E-state index contributed by atoms with van der Waals surface area (Å²) >= 11 is 3.07. The number of nitrogens with two attached hydrogens (primary N) is 1. The minimum absolute atomic E-state index is 0.192. The summed E-state index contributed by atoms with van der Waals surface area (Å²) in [5.74, 6) is -2.39. The molecule has 6 heteroatoms. The summed E-state index contributed by atoms with van der Waals surface area (Å²) in [6.45, 7) is 1.15. The fourth-order valence-electron chi connectivity index (χ4n) is 1.04. The van der Waals surface area contributed by atoms with E-state index in [1.807, 2.05) is 0 Å². The molecular weight excluding hydrogens is 281 g/mol. The maximum atomic E-state index is 13.3. The Kier molecular flexibility index (Phi) is 4.00. The van der Waals surface area contributed by atoms with E-state index in [4.69, 9.17) is 10.5 Å². The van der Waals surface area contributed by atoms with E-state index < -0.39 is 23.6 Å². The van der Waals surface area contributed by atoms with Crippen LogP contribution in [0.3, 0.4) is 0 Å². The van der Waals surface area contributed by atoms with Gasteiger partial charge < -0.3 is 10.5 Å². The molecule has 1 rings (SSSR count). The first-order valence-electron chi connectivity index (χ1n) is 4.33. The molecule has 0 aliphatic heterocycles. The minimum Gasteiger partial charge on any atom is -0.470 e. The SMILES string of the molecule is CC(=O)C(Oc1ccc(Br)cc1F)C(N)=O. The number of hydrogen-bond acceptors (Lipinski definition) is 3. The Bertz CT molecular complexity index is 422. The molecule has 1 aromatic rings. The highest BCUT2D eigenvalue weighted by Gasteiger charge is 2.23. The van der Waals surface area contributed by atoms with Gasteiger partial charge in [0.1, 0.15) is 0 Å². The third-order valence-corrected chi connectivity index (χ3v) is 2.26. The van der Waals surface area contributed by atoms with Crippen molar-refractivity contribution in [2.24, 2.45) is 5.73 Å².